The molecule has 0 saturated carbocycles. The fourth-order valence-electron chi connectivity index (χ4n) is 2.19. The maximum Gasteiger partial charge on any atom is 0.224 e. The van der Waals surface area contributed by atoms with Crippen LogP contribution in [0.4, 0.5) is 11.8 Å². The van der Waals surface area contributed by atoms with Crippen molar-refractivity contribution in [3.63, 3.8) is 0 Å². The topological polar surface area (TPSA) is 67.1 Å². The van der Waals surface area contributed by atoms with E-state index >= 15 is 0 Å². The van der Waals surface area contributed by atoms with E-state index in [4.69, 9.17) is 4.42 Å². The first-order chi connectivity index (χ1) is 11.3. The molecule has 6 heteroatoms. The van der Waals surface area contributed by atoms with E-state index < -0.39 is 0 Å². The summed E-state index contributed by atoms with van der Waals surface area (Å²) in [5.74, 6) is 2.33. The van der Waals surface area contributed by atoms with Crippen LogP contribution < -0.4 is 10.2 Å². The third kappa shape index (κ3) is 4.29. The van der Waals surface area contributed by atoms with Gasteiger partial charge in [0.2, 0.25) is 5.95 Å². The Morgan fingerprint density at radius 3 is 2.78 bits per heavy atom. The van der Waals surface area contributed by atoms with E-state index in [1.807, 2.05) is 49.8 Å². The number of furan rings is 1. The number of anilines is 2. The van der Waals surface area contributed by atoms with Gasteiger partial charge in [-0.05, 0) is 42.3 Å². The van der Waals surface area contributed by atoms with E-state index in [9.17, 15) is 0 Å². The summed E-state index contributed by atoms with van der Waals surface area (Å²) < 4.78 is 5.29. The molecule has 0 bridgehead atoms. The summed E-state index contributed by atoms with van der Waals surface area (Å²) in [6.45, 7) is 1.44. The molecule has 23 heavy (non-hydrogen) atoms. The molecule has 0 amide bonds. The molecule has 0 saturated heterocycles. The van der Waals surface area contributed by atoms with Gasteiger partial charge in [0, 0.05) is 32.2 Å². The summed E-state index contributed by atoms with van der Waals surface area (Å²) in [4.78, 5) is 14.9. The summed E-state index contributed by atoms with van der Waals surface area (Å²) in [5, 5.41) is 3.17. The molecule has 0 aromatic carbocycles. The highest BCUT2D eigenvalue weighted by Gasteiger charge is 2.05. The summed E-state index contributed by atoms with van der Waals surface area (Å²) in [7, 11) is 2.03. The molecule has 118 valence electrons. The van der Waals surface area contributed by atoms with Gasteiger partial charge in [-0.25, -0.2) is 4.98 Å². The highest BCUT2D eigenvalue weighted by atomic mass is 16.3. The Kier molecular flexibility index (Phi) is 4.83. The highest BCUT2D eigenvalue weighted by Crippen LogP contribution is 2.12. The second kappa shape index (κ2) is 7.40. The zero-order valence-corrected chi connectivity index (χ0v) is 13.0. The molecular weight excluding hydrogens is 290 g/mol. The molecular formula is C17H19N5O. The van der Waals surface area contributed by atoms with Crippen LogP contribution in [0.15, 0.2) is 59.6 Å². The predicted molar refractivity (Wildman–Crippen MR) is 89.3 cm³/mol. The van der Waals surface area contributed by atoms with E-state index in [-0.39, 0.29) is 0 Å². The van der Waals surface area contributed by atoms with E-state index in [2.05, 4.69) is 25.2 Å². The molecule has 6 nitrogen and oxygen atoms in total. The normalized spacial score (nSPS) is 10.5. The molecule has 0 atom stereocenters. The van der Waals surface area contributed by atoms with E-state index in [0.29, 0.717) is 12.5 Å². The maximum atomic E-state index is 5.29. The highest BCUT2D eigenvalue weighted by molar-refractivity contribution is 5.42. The lowest BCUT2D eigenvalue weighted by atomic mass is 10.2. The molecule has 0 fully saturated rings. The quantitative estimate of drug-likeness (QED) is 0.724. The molecule has 0 radical (unpaired) electrons. The van der Waals surface area contributed by atoms with Gasteiger partial charge < -0.3 is 14.6 Å². The monoisotopic (exact) mass is 309 g/mol. The lowest BCUT2D eigenvalue weighted by Crippen LogP contribution is -2.22. The lowest BCUT2D eigenvalue weighted by molar-refractivity contribution is 0.517. The van der Waals surface area contributed by atoms with Crippen molar-refractivity contribution in [2.24, 2.45) is 0 Å². The van der Waals surface area contributed by atoms with Crippen LogP contribution in [0.3, 0.4) is 0 Å². The number of pyridine rings is 1. The van der Waals surface area contributed by atoms with Crippen molar-refractivity contribution in [2.45, 2.75) is 13.0 Å². The van der Waals surface area contributed by atoms with Crippen molar-refractivity contribution in [3.05, 3.63) is 66.5 Å². The lowest BCUT2D eigenvalue weighted by Gasteiger charge is -2.18. The van der Waals surface area contributed by atoms with E-state index in [1.54, 1.807) is 12.5 Å². The minimum absolute atomic E-state index is 0.567. The van der Waals surface area contributed by atoms with Gasteiger partial charge >= 0.3 is 0 Å². The first-order valence-electron chi connectivity index (χ1n) is 7.50. The Morgan fingerprint density at radius 2 is 2.00 bits per heavy atom. The number of aromatic nitrogens is 3. The standard InChI is InChI=1S/C17H19N5O/c1-22(11-7-14-4-8-18-9-5-14)16-6-10-19-17(21-16)20-13-15-3-2-12-23-15/h2-6,8-10,12H,7,11,13H2,1H3,(H,19,20,21). The van der Waals surface area contributed by atoms with Crippen molar-refractivity contribution >= 4 is 11.8 Å². The van der Waals surface area contributed by atoms with Gasteiger partial charge in [-0.3, -0.25) is 4.98 Å². The SMILES string of the molecule is CN(CCc1ccncc1)c1ccnc(NCc2ccco2)n1. The van der Waals surface area contributed by atoms with Crippen molar-refractivity contribution in [1.82, 2.24) is 15.0 Å². The number of likely N-dealkylation sites (N-methyl/N-ethyl adjacent to an activating group) is 1. The van der Waals surface area contributed by atoms with Crippen LogP contribution >= 0.6 is 0 Å². The fraction of sp³-hybridized carbons (Fsp3) is 0.235. The predicted octanol–water partition coefficient (Wildman–Crippen LogP) is 2.76. The first kappa shape index (κ1) is 15.0. The Balaban J connectivity index is 1.57. The van der Waals surface area contributed by atoms with Crippen molar-refractivity contribution in [2.75, 3.05) is 23.8 Å². The van der Waals surface area contributed by atoms with Gasteiger partial charge in [-0.2, -0.15) is 4.98 Å². The molecule has 0 aliphatic heterocycles. The molecule has 0 spiro atoms. The average Bonchev–Trinajstić information content (AvgIpc) is 3.12. The number of hydrogen-bond acceptors (Lipinski definition) is 6. The number of nitrogens with one attached hydrogen (secondary N) is 1. The molecule has 3 aromatic rings. The fourth-order valence-corrected chi connectivity index (χ4v) is 2.19. The van der Waals surface area contributed by atoms with Crippen LogP contribution in [-0.2, 0) is 13.0 Å². The van der Waals surface area contributed by atoms with Gasteiger partial charge in [0.1, 0.15) is 11.6 Å². The average molecular weight is 309 g/mol. The van der Waals surface area contributed by atoms with Crippen molar-refractivity contribution < 1.29 is 4.42 Å². The van der Waals surface area contributed by atoms with Gasteiger partial charge in [0.05, 0.1) is 12.8 Å². The first-order valence-corrected chi connectivity index (χ1v) is 7.50. The van der Waals surface area contributed by atoms with Crippen LogP contribution in [0.1, 0.15) is 11.3 Å². The summed E-state index contributed by atoms with van der Waals surface area (Å²) in [5.41, 5.74) is 1.26. The van der Waals surface area contributed by atoms with Crippen LogP contribution in [0.2, 0.25) is 0 Å². The Hall–Kier alpha value is -2.89. The largest absolute Gasteiger partial charge is 0.467 e. The van der Waals surface area contributed by atoms with Gasteiger partial charge in [-0.1, -0.05) is 0 Å². The van der Waals surface area contributed by atoms with Crippen molar-refractivity contribution in [3.8, 4) is 0 Å². The van der Waals surface area contributed by atoms with Crippen LogP contribution in [0.5, 0.6) is 0 Å². The summed E-state index contributed by atoms with van der Waals surface area (Å²) in [6, 6.07) is 9.75. The molecule has 3 heterocycles. The zero-order chi connectivity index (χ0) is 15.9. The number of rotatable bonds is 7. The van der Waals surface area contributed by atoms with Gasteiger partial charge in [0.25, 0.3) is 0 Å². The van der Waals surface area contributed by atoms with Crippen LogP contribution in [0.25, 0.3) is 0 Å². The van der Waals surface area contributed by atoms with Crippen LogP contribution in [-0.4, -0.2) is 28.5 Å². The smallest absolute Gasteiger partial charge is 0.224 e. The second-order valence-electron chi connectivity index (χ2n) is 5.20. The van der Waals surface area contributed by atoms with E-state index in [1.165, 1.54) is 5.56 Å². The molecule has 3 aromatic heterocycles. The van der Waals surface area contributed by atoms with Gasteiger partial charge in [0.15, 0.2) is 0 Å². The minimum Gasteiger partial charge on any atom is -0.467 e. The molecule has 0 unspecified atom stereocenters. The number of hydrogen-bond donors (Lipinski definition) is 1. The molecule has 0 aliphatic carbocycles. The Bertz CT molecular complexity index is 715. The van der Waals surface area contributed by atoms with Crippen LogP contribution in [0, 0.1) is 0 Å². The summed E-state index contributed by atoms with van der Waals surface area (Å²) in [6.07, 6.45) is 7.99. The van der Waals surface area contributed by atoms with Crippen molar-refractivity contribution in [1.29, 1.82) is 0 Å². The number of nitrogens with zero attached hydrogens (tertiary/aromatic N) is 4. The maximum absolute atomic E-state index is 5.29. The Morgan fingerprint density at radius 1 is 1.13 bits per heavy atom. The van der Waals surface area contributed by atoms with E-state index in [0.717, 1.165) is 24.5 Å². The zero-order valence-electron chi connectivity index (χ0n) is 13.0. The molecule has 3 rings (SSSR count). The third-order valence-corrected chi connectivity index (χ3v) is 3.52. The third-order valence-electron chi connectivity index (χ3n) is 3.52. The minimum atomic E-state index is 0.567. The molecule has 0 aliphatic rings. The summed E-state index contributed by atoms with van der Waals surface area (Å²) >= 11 is 0. The molecule has 1 N–H and O–H groups in total. The second-order valence-corrected chi connectivity index (χ2v) is 5.20. The Labute approximate surface area is 135 Å². The van der Waals surface area contributed by atoms with Gasteiger partial charge in [-0.15, -0.1) is 0 Å².